The Labute approximate surface area is 212 Å². The Morgan fingerprint density at radius 1 is 1.09 bits per heavy atom. The minimum absolute atomic E-state index is 0.156. The summed E-state index contributed by atoms with van der Waals surface area (Å²) >= 11 is 0. The van der Waals surface area contributed by atoms with Crippen molar-refractivity contribution in [2.24, 2.45) is 5.92 Å². The predicted octanol–water partition coefficient (Wildman–Crippen LogP) is 3.89. The van der Waals surface area contributed by atoms with Crippen LogP contribution in [0.3, 0.4) is 0 Å². The molecule has 1 rings (SSSR count). The molecule has 0 saturated heterocycles. The minimum atomic E-state index is -1.13. The highest BCUT2D eigenvalue weighted by Gasteiger charge is 2.39. The number of amides is 2. The molecule has 0 bridgehead atoms. The molecule has 0 heterocycles. The number of hydrogen-bond donors (Lipinski definition) is 2. The van der Waals surface area contributed by atoms with Gasteiger partial charge < -0.3 is 25.0 Å². The SMILES string of the molecule is CN[C@H](C(=O)NC(OC(C)(C)C)C(=O)N(C)[C@H](/C=C(\C)COC)C(C)C)C(C)(C)c1ccccc1. The van der Waals surface area contributed by atoms with Gasteiger partial charge in [0.25, 0.3) is 5.91 Å². The smallest absolute Gasteiger partial charge is 0.272 e. The van der Waals surface area contributed by atoms with Crippen molar-refractivity contribution in [2.45, 2.75) is 84.7 Å². The van der Waals surface area contributed by atoms with Crippen LogP contribution in [0.4, 0.5) is 0 Å². The summed E-state index contributed by atoms with van der Waals surface area (Å²) in [5.74, 6) is -0.450. The molecule has 0 aromatic heterocycles. The lowest BCUT2D eigenvalue weighted by atomic mass is 9.77. The first-order valence-electron chi connectivity index (χ1n) is 12.3. The number of rotatable bonds is 12. The van der Waals surface area contributed by atoms with Crippen LogP contribution in [0.5, 0.6) is 0 Å². The topological polar surface area (TPSA) is 79.9 Å². The molecule has 0 saturated carbocycles. The quantitative estimate of drug-likeness (QED) is 0.344. The zero-order valence-corrected chi connectivity index (χ0v) is 23.6. The Balaban J connectivity index is 3.26. The van der Waals surface area contributed by atoms with Crippen LogP contribution in [0.2, 0.25) is 0 Å². The Morgan fingerprint density at radius 2 is 1.66 bits per heavy atom. The number of nitrogens with zero attached hydrogens (tertiary/aromatic N) is 1. The summed E-state index contributed by atoms with van der Waals surface area (Å²) in [7, 11) is 5.15. The van der Waals surface area contributed by atoms with Crippen molar-refractivity contribution in [3.05, 3.63) is 47.5 Å². The van der Waals surface area contributed by atoms with Gasteiger partial charge in [0.15, 0.2) is 0 Å². The van der Waals surface area contributed by atoms with E-state index in [1.807, 2.05) is 78.0 Å². The van der Waals surface area contributed by atoms with Gasteiger partial charge >= 0.3 is 0 Å². The van der Waals surface area contributed by atoms with Crippen molar-refractivity contribution in [3.63, 3.8) is 0 Å². The lowest BCUT2D eigenvalue weighted by Crippen LogP contribution is -2.60. The number of nitrogens with one attached hydrogen (secondary N) is 2. The molecule has 198 valence electrons. The van der Waals surface area contributed by atoms with Crippen LogP contribution in [0, 0.1) is 5.92 Å². The molecular formula is C28H47N3O4. The van der Waals surface area contributed by atoms with Gasteiger partial charge in [-0.1, -0.05) is 64.1 Å². The highest BCUT2D eigenvalue weighted by Crippen LogP contribution is 2.27. The van der Waals surface area contributed by atoms with Gasteiger partial charge in [0.2, 0.25) is 12.1 Å². The van der Waals surface area contributed by atoms with Gasteiger partial charge in [0.05, 0.1) is 24.3 Å². The van der Waals surface area contributed by atoms with E-state index in [9.17, 15) is 9.59 Å². The van der Waals surface area contributed by atoms with Crippen LogP contribution in [0.15, 0.2) is 42.0 Å². The van der Waals surface area contributed by atoms with E-state index < -0.39 is 23.3 Å². The maximum absolute atomic E-state index is 13.7. The lowest BCUT2D eigenvalue weighted by molar-refractivity contribution is -0.161. The van der Waals surface area contributed by atoms with Gasteiger partial charge in [-0.3, -0.25) is 9.59 Å². The van der Waals surface area contributed by atoms with Crippen LogP contribution in [0.1, 0.15) is 61.0 Å². The molecular weight excluding hydrogens is 442 g/mol. The van der Waals surface area contributed by atoms with Gasteiger partial charge in [-0.05, 0) is 51.8 Å². The third kappa shape index (κ3) is 9.06. The van der Waals surface area contributed by atoms with Crippen molar-refractivity contribution in [1.82, 2.24) is 15.5 Å². The van der Waals surface area contributed by atoms with Crippen molar-refractivity contribution < 1.29 is 19.1 Å². The maximum atomic E-state index is 13.7. The monoisotopic (exact) mass is 489 g/mol. The van der Waals surface area contributed by atoms with E-state index in [2.05, 4.69) is 24.5 Å². The fourth-order valence-electron chi connectivity index (χ4n) is 4.21. The third-order valence-corrected chi connectivity index (χ3v) is 6.06. The van der Waals surface area contributed by atoms with Gasteiger partial charge in [-0.15, -0.1) is 0 Å². The molecule has 0 aliphatic carbocycles. The fraction of sp³-hybridized carbons (Fsp3) is 0.643. The number of hydrogen-bond acceptors (Lipinski definition) is 5. The highest BCUT2D eigenvalue weighted by molar-refractivity contribution is 5.90. The first-order chi connectivity index (χ1) is 16.2. The van der Waals surface area contributed by atoms with E-state index in [4.69, 9.17) is 9.47 Å². The first-order valence-corrected chi connectivity index (χ1v) is 12.3. The Morgan fingerprint density at radius 3 is 2.11 bits per heavy atom. The molecule has 1 aromatic rings. The molecule has 2 N–H and O–H groups in total. The number of ether oxygens (including phenoxy) is 2. The number of carbonyl (C=O) groups excluding carboxylic acids is 2. The van der Waals surface area contributed by atoms with E-state index in [0.717, 1.165) is 11.1 Å². The van der Waals surface area contributed by atoms with Crippen molar-refractivity contribution >= 4 is 11.8 Å². The van der Waals surface area contributed by atoms with Crippen LogP contribution in [-0.4, -0.2) is 68.4 Å². The molecule has 7 heteroatoms. The maximum Gasteiger partial charge on any atom is 0.272 e. The molecule has 0 aliphatic heterocycles. The summed E-state index contributed by atoms with van der Waals surface area (Å²) < 4.78 is 11.3. The minimum Gasteiger partial charge on any atom is -0.380 e. The number of likely N-dealkylation sites (N-methyl/N-ethyl adjacent to an activating group) is 2. The van der Waals surface area contributed by atoms with Crippen molar-refractivity contribution in [2.75, 3.05) is 27.8 Å². The molecule has 35 heavy (non-hydrogen) atoms. The van der Waals surface area contributed by atoms with Gasteiger partial charge in [-0.2, -0.15) is 0 Å². The van der Waals surface area contributed by atoms with E-state index in [1.165, 1.54) is 0 Å². The van der Waals surface area contributed by atoms with Crippen LogP contribution in [0.25, 0.3) is 0 Å². The second-order valence-electron chi connectivity index (χ2n) is 11.1. The van der Waals surface area contributed by atoms with E-state index in [1.54, 1.807) is 26.1 Å². The van der Waals surface area contributed by atoms with E-state index in [0.29, 0.717) is 6.61 Å². The molecule has 2 amide bonds. The number of methoxy groups -OCH3 is 1. The predicted molar refractivity (Wildman–Crippen MR) is 142 cm³/mol. The molecule has 0 radical (unpaired) electrons. The van der Waals surface area contributed by atoms with Crippen LogP contribution >= 0.6 is 0 Å². The van der Waals surface area contributed by atoms with Gasteiger partial charge in [0.1, 0.15) is 0 Å². The lowest BCUT2D eigenvalue weighted by Gasteiger charge is -2.37. The largest absolute Gasteiger partial charge is 0.380 e. The molecule has 0 fully saturated rings. The van der Waals surface area contributed by atoms with Crippen molar-refractivity contribution in [1.29, 1.82) is 0 Å². The summed E-state index contributed by atoms with van der Waals surface area (Å²) in [5, 5.41) is 6.04. The normalized spacial score (nSPS) is 15.5. The molecule has 0 aliphatic rings. The number of carbonyl (C=O) groups is 2. The Bertz CT molecular complexity index is 844. The summed E-state index contributed by atoms with van der Waals surface area (Å²) in [6, 6.07) is 9.10. The molecule has 0 spiro atoms. The van der Waals surface area contributed by atoms with Gasteiger partial charge in [-0.25, -0.2) is 0 Å². The second kappa shape index (κ2) is 13.2. The zero-order chi connectivity index (χ0) is 27.0. The van der Waals surface area contributed by atoms with Gasteiger partial charge in [0, 0.05) is 19.6 Å². The van der Waals surface area contributed by atoms with E-state index in [-0.39, 0.29) is 23.8 Å². The molecule has 3 atom stereocenters. The molecule has 7 nitrogen and oxygen atoms in total. The summed E-state index contributed by atoms with van der Waals surface area (Å²) in [5.41, 5.74) is 0.878. The summed E-state index contributed by atoms with van der Waals surface area (Å²) in [4.78, 5) is 28.9. The Hall–Kier alpha value is -2.22. The molecule has 1 aromatic carbocycles. The average Bonchev–Trinajstić information content (AvgIpc) is 2.76. The molecule has 1 unspecified atom stereocenters. The van der Waals surface area contributed by atoms with Crippen LogP contribution in [-0.2, 0) is 24.5 Å². The Kier molecular flexibility index (Phi) is 11.6. The number of benzene rings is 1. The fourth-order valence-corrected chi connectivity index (χ4v) is 4.21. The first kappa shape index (κ1) is 30.8. The van der Waals surface area contributed by atoms with Crippen molar-refractivity contribution in [3.8, 4) is 0 Å². The highest BCUT2D eigenvalue weighted by atomic mass is 16.5. The standard InChI is InChI=1S/C28H47N3O4/c1-19(2)22(17-20(3)18-34-11)31(10)26(33)25(35-27(4,5)6)30-24(32)23(29-9)28(7,8)21-15-13-12-14-16-21/h12-17,19,22-23,25,29H,18H2,1-11H3,(H,30,32)/b20-17+/t22-,23-,25?/m1/s1. The van der Waals surface area contributed by atoms with E-state index >= 15 is 0 Å². The second-order valence-corrected chi connectivity index (χ2v) is 11.1. The third-order valence-electron chi connectivity index (χ3n) is 6.06. The summed E-state index contributed by atoms with van der Waals surface area (Å²) in [6.07, 6.45) is 0.907. The summed E-state index contributed by atoms with van der Waals surface area (Å²) in [6.45, 7) is 16.2. The van der Waals surface area contributed by atoms with Crippen LogP contribution < -0.4 is 10.6 Å². The zero-order valence-electron chi connectivity index (χ0n) is 23.6. The average molecular weight is 490 g/mol.